The van der Waals surface area contributed by atoms with Crippen LogP contribution in [0.2, 0.25) is 5.02 Å². The molecule has 7 nitrogen and oxygen atoms in total. The van der Waals surface area contributed by atoms with E-state index in [0.717, 1.165) is 56.3 Å². The minimum atomic E-state index is 0. The van der Waals surface area contributed by atoms with Crippen LogP contribution in [0.3, 0.4) is 0 Å². The van der Waals surface area contributed by atoms with Crippen LogP contribution < -0.4 is 25.6 Å². The summed E-state index contributed by atoms with van der Waals surface area (Å²) in [5.74, 6) is 2.02. The van der Waals surface area contributed by atoms with Gasteiger partial charge >= 0.3 is 0 Å². The number of aliphatic imine (C=N–C) groups is 1. The molecule has 1 saturated carbocycles. The molecular weight excluding hydrogens is 505 g/mol. The summed E-state index contributed by atoms with van der Waals surface area (Å²) in [4.78, 5) is 18.6. The van der Waals surface area contributed by atoms with E-state index >= 15 is 0 Å². The number of carbonyl (C=O) groups is 1. The van der Waals surface area contributed by atoms with Gasteiger partial charge in [0.05, 0.1) is 19.3 Å². The number of nitrogens with one attached hydrogen (secondary N) is 3. The Morgan fingerprint density at radius 3 is 2.79 bits per heavy atom. The first-order chi connectivity index (χ1) is 13.6. The van der Waals surface area contributed by atoms with Crippen LogP contribution in [0, 0.1) is 5.92 Å². The lowest BCUT2D eigenvalue weighted by atomic mass is 10.2. The van der Waals surface area contributed by atoms with Crippen molar-refractivity contribution in [1.29, 1.82) is 0 Å². The summed E-state index contributed by atoms with van der Waals surface area (Å²) in [5.41, 5.74) is 1.02. The highest BCUT2D eigenvalue weighted by molar-refractivity contribution is 14.0. The fourth-order valence-electron chi connectivity index (χ4n) is 3.36. The summed E-state index contributed by atoms with van der Waals surface area (Å²) in [6.45, 7) is 5.74. The predicted molar refractivity (Wildman–Crippen MR) is 129 cm³/mol. The Kier molecular flexibility index (Phi) is 9.61. The van der Waals surface area contributed by atoms with Gasteiger partial charge in [0.15, 0.2) is 5.96 Å². The molecule has 2 fully saturated rings. The van der Waals surface area contributed by atoms with Gasteiger partial charge in [-0.2, -0.15) is 0 Å². The quantitative estimate of drug-likeness (QED) is 0.206. The Morgan fingerprint density at radius 2 is 2.10 bits per heavy atom. The van der Waals surface area contributed by atoms with Crippen molar-refractivity contribution in [3.05, 3.63) is 23.2 Å². The third-order valence-electron chi connectivity index (χ3n) is 4.98. The van der Waals surface area contributed by atoms with Gasteiger partial charge < -0.3 is 25.6 Å². The van der Waals surface area contributed by atoms with E-state index < -0.39 is 0 Å². The van der Waals surface area contributed by atoms with Crippen molar-refractivity contribution in [3.63, 3.8) is 0 Å². The SMILES string of the molecule is CCNC(=NCCNC(=O)C1CC1)NC1CCN(c2cc(Cl)ccc2OC)C1.I. The average molecular weight is 536 g/mol. The monoisotopic (exact) mass is 535 g/mol. The molecule has 1 heterocycles. The van der Waals surface area contributed by atoms with Crippen molar-refractivity contribution in [2.24, 2.45) is 10.9 Å². The molecule has 1 amide bonds. The van der Waals surface area contributed by atoms with E-state index in [4.69, 9.17) is 16.3 Å². The van der Waals surface area contributed by atoms with Crippen LogP contribution in [0.4, 0.5) is 5.69 Å². The van der Waals surface area contributed by atoms with Crippen molar-refractivity contribution < 1.29 is 9.53 Å². The molecule has 1 aliphatic carbocycles. The van der Waals surface area contributed by atoms with E-state index in [1.807, 2.05) is 25.1 Å². The van der Waals surface area contributed by atoms with Gasteiger partial charge in [-0.3, -0.25) is 9.79 Å². The summed E-state index contributed by atoms with van der Waals surface area (Å²) >= 11 is 6.17. The fourth-order valence-corrected chi connectivity index (χ4v) is 3.52. The second kappa shape index (κ2) is 11.7. The number of ether oxygens (including phenoxy) is 1. The van der Waals surface area contributed by atoms with Gasteiger partial charge in [0.25, 0.3) is 0 Å². The summed E-state index contributed by atoms with van der Waals surface area (Å²) in [6, 6.07) is 5.97. The largest absolute Gasteiger partial charge is 0.495 e. The van der Waals surface area contributed by atoms with Crippen molar-refractivity contribution in [2.45, 2.75) is 32.2 Å². The molecule has 29 heavy (non-hydrogen) atoms. The molecule has 3 N–H and O–H groups in total. The molecule has 1 aromatic rings. The van der Waals surface area contributed by atoms with E-state index in [1.165, 1.54) is 0 Å². The van der Waals surface area contributed by atoms with Gasteiger partial charge in [0.1, 0.15) is 5.75 Å². The molecule has 0 bridgehead atoms. The molecule has 3 rings (SSSR count). The molecule has 0 aromatic heterocycles. The Morgan fingerprint density at radius 1 is 1.31 bits per heavy atom. The number of carbonyl (C=O) groups excluding carboxylic acids is 1. The normalized spacial score (nSPS) is 18.8. The van der Waals surface area contributed by atoms with E-state index in [9.17, 15) is 4.79 Å². The van der Waals surface area contributed by atoms with Crippen LogP contribution in [0.1, 0.15) is 26.2 Å². The lowest BCUT2D eigenvalue weighted by Crippen LogP contribution is -2.45. The first-order valence-corrected chi connectivity index (χ1v) is 10.4. The molecule has 1 unspecified atom stereocenters. The minimum absolute atomic E-state index is 0. The Labute approximate surface area is 195 Å². The molecule has 0 spiro atoms. The number of methoxy groups -OCH3 is 1. The molecular formula is C20H31ClIN5O2. The molecule has 1 aliphatic heterocycles. The van der Waals surface area contributed by atoms with E-state index in [-0.39, 0.29) is 41.8 Å². The predicted octanol–water partition coefficient (Wildman–Crippen LogP) is 2.63. The smallest absolute Gasteiger partial charge is 0.223 e. The van der Waals surface area contributed by atoms with Crippen LogP contribution in [-0.2, 0) is 4.79 Å². The first kappa shape index (κ1) is 23.9. The zero-order valence-corrected chi connectivity index (χ0v) is 20.1. The maximum atomic E-state index is 11.7. The highest BCUT2D eigenvalue weighted by Gasteiger charge is 2.29. The van der Waals surface area contributed by atoms with Gasteiger partial charge in [0, 0.05) is 43.2 Å². The number of hydrogen-bond acceptors (Lipinski definition) is 4. The maximum Gasteiger partial charge on any atom is 0.223 e. The zero-order chi connectivity index (χ0) is 19.9. The molecule has 1 saturated heterocycles. The van der Waals surface area contributed by atoms with E-state index in [0.29, 0.717) is 18.1 Å². The molecule has 2 aliphatic rings. The Hall–Kier alpha value is -1.42. The number of hydrogen-bond donors (Lipinski definition) is 3. The van der Waals surface area contributed by atoms with Crippen molar-refractivity contribution in [2.75, 3.05) is 44.7 Å². The minimum Gasteiger partial charge on any atom is -0.495 e. The third-order valence-corrected chi connectivity index (χ3v) is 5.22. The van der Waals surface area contributed by atoms with Gasteiger partial charge in [-0.1, -0.05) is 11.6 Å². The van der Waals surface area contributed by atoms with Crippen molar-refractivity contribution in [3.8, 4) is 5.75 Å². The van der Waals surface area contributed by atoms with E-state index in [1.54, 1.807) is 7.11 Å². The number of anilines is 1. The highest BCUT2D eigenvalue weighted by atomic mass is 127. The van der Waals surface area contributed by atoms with E-state index in [2.05, 4.69) is 25.8 Å². The summed E-state index contributed by atoms with van der Waals surface area (Å²) in [7, 11) is 1.68. The van der Waals surface area contributed by atoms with Crippen LogP contribution in [-0.4, -0.2) is 57.7 Å². The van der Waals surface area contributed by atoms with Crippen LogP contribution in [0.15, 0.2) is 23.2 Å². The zero-order valence-electron chi connectivity index (χ0n) is 17.0. The summed E-state index contributed by atoms with van der Waals surface area (Å²) in [6.07, 6.45) is 3.04. The topological polar surface area (TPSA) is 78.0 Å². The number of benzene rings is 1. The van der Waals surface area contributed by atoms with Crippen LogP contribution in [0.5, 0.6) is 5.75 Å². The third kappa shape index (κ3) is 7.09. The molecule has 0 radical (unpaired) electrons. The van der Waals surface area contributed by atoms with Gasteiger partial charge in [0.2, 0.25) is 5.91 Å². The number of rotatable bonds is 8. The van der Waals surface area contributed by atoms with Gasteiger partial charge in [-0.05, 0) is 44.4 Å². The molecule has 1 atom stereocenters. The van der Waals surface area contributed by atoms with Crippen LogP contribution in [0.25, 0.3) is 0 Å². The van der Waals surface area contributed by atoms with Crippen molar-refractivity contribution in [1.82, 2.24) is 16.0 Å². The highest BCUT2D eigenvalue weighted by Crippen LogP contribution is 2.33. The lowest BCUT2D eigenvalue weighted by molar-refractivity contribution is -0.122. The molecule has 9 heteroatoms. The summed E-state index contributed by atoms with van der Waals surface area (Å²) in [5, 5.41) is 10.4. The van der Waals surface area contributed by atoms with Crippen molar-refractivity contribution >= 4 is 53.1 Å². The van der Waals surface area contributed by atoms with Gasteiger partial charge in [-0.15, -0.1) is 24.0 Å². The number of halogens is 2. The summed E-state index contributed by atoms with van der Waals surface area (Å²) < 4.78 is 5.48. The number of guanidine groups is 1. The standard InChI is InChI=1S/C20H30ClN5O2.HI/c1-3-22-20(24-10-9-23-19(27)14-4-5-14)25-16-8-11-26(13-16)17-12-15(21)6-7-18(17)28-2;/h6-7,12,14,16H,3-5,8-11,13H2,1-2H3,(H,23,27)(H2,22,24,25);1H. The number of nitrogens with zero attached hydrogens (tertiary/aromatic N) is 2. The Balaban J connectivity index is 0.00000300. The fraction of sp³-hybridized carbons (Fsp3) is 0.600. The maximum absolute atomic E-state index is 11.7. The average Bonchev–Trinajstić information content (AvgIpc) is 3.44. The molecule has 162 valence electrons. The molecule has 1 aromatic carbocycles. The number of amides is 1. The second-order valence-corrected chi connectivity index (χ2v) is 7.65. The Bertz CT molecular complexity index is 714. The lowest BCUT2D eigenvalue weighted by Gasteiger charge is -2.22. The first-order valence-electron chi connectivity index (χ1n) is 10.0. The van der Waals surface area contributed by atoms with Crippen LogP contribution >= 0.6 is 35.6 Å². The van der Waals surface area contributed by atoms with Gasteiger partial charge in [-0.25, -0.2) is 0 Å². The second-order valence-electron chi connectivity index (χ2n) is 7.22.